The van der Waals surface area contributed by atoms with Crippen LogP contribution in [0.4, 0.5) is 0 Å². The topological polar surface area (TPSA) is 54.7 Å². The maximum Gasteiger partial charge on any atom is 0.165 e. The van der Waals surface area contributed by atoms with E-state index >= 15 is 0 Å². The molecule has 3 aromatic heterocycles. The minimum Gasteiger partial charge on any atom is -0.472 e. The molecule has 3 heterocycles. The highest BCUT2D eigenvalue weighted by Crippen LogP contribution is 2.26. The molecular formula is C11H9N3OS2. The zero-order chi connectivity index (χ0) is 11.5. The number of rotatable bonds is 4. The highest BCUT2D eigenvalue weighted by Gasteiger charge is 2.06. The van der Waals surface area contributed by atoms with Crippen molar-refractivity contribution in [2.24, 2.45) is 0 Å². The van der Waals surface area contributed by atoms with Crippen LogP contribution in [0.5, 0.6) is 0 Å². The number of thioether (sulfide) groups is 1. The predicted octanol–water partition coefficient (Wildman–Crippen LogP) is 3.42. The summed E-state index contributed by atoms with van der Waals surface area (Å²) >= 11 is 3.27. The Hall–Kier alpha value is -1.53. The van der Waals surface area contributed by atoms with Crippen LogP contribution in [-0.4, -0.2) is 15.0 Å². The van der Waals surface area contributed by atoms with Gasteiger partial charge >= 0.3 is 0 Å². The van der Waals surface area contributed by atoms with Crippen molar-refractivity contribution in [1.29, 1.82) is 0 Å². The molecule has 0 atom stereocenters. The largest absolute Gasteiger partial charge is 0.472 e. The molecule has 0 fully saturated rings. The molecule has 86 valence electrons. The summed E-state index contributed by atoms with van der Waals surface area (Å²) in [5.74, 6) is 0.821. The van der Waals surface area contributed by atoms with E-state index in [-0.39, 0.29) is 0 Å². The van der Waals surface area contributed by atoms with E-state index in [1.54, 1.807) is 41.8 Å². The normalized spacial score (nSPS) is 10.8. The van der Waals surface area contributed by atoms with Gasteiger partial charge in [0, 0.05) is 29.1 Å². The molecule has 0 aromatic carbocycles. The second kappa shape index (κ2) is 4.77. The Morgan fingerprint density at radius 2 is 2.47 bits per heavy atom. The van der Waals surface area contributed by atoms with Gasteiger partial charge in [-0.05, 0) is 6.07 Å². The molecule has 0 bridgehead atoms. The van der Waals surface area contributed by atoms with Gasteiger partial charge in [0.25, 0.3) is 0 Å². The standard InChI is InChI=1S/C11H9N3OS2/c1-4-15-5-8(1)10-14-9(6-16-10)7-17-11-12-2-3-13-11/h1-6H,7H2,(H,12,13). The summed E-state index contributed by atoms with van der Waals surface area (Å²) in [5, 5.41) is 3.98. The van der Waals surface area contributed by atoms with Gasteiger partial charge in [0.05, 0.1) is 12.0 Å². The average Bonchev–Trinajstić information content (AvgIpc) is 3.09. The van der Waals surface area contributed by atoms with Gasteiger partial charge in [-0.15, -0.1) is 11.3 Å². The lowest BCUT2D eigenvalue weighted by atomic mass is 10.4. The molecule has 6 heteroatoms. The summed E-state index contributed by atoms with van der Waals surface area (Å²) in [5.41, 5.74) is 2.09. The van der Waals surface area contributed by atoms with Crippen molar-refractivity contribution in [1.82, 2.24) is 15.0 Å². The molecule has 0 amide bonds. The number of thiazole rings is 1. The first kappa shape index (κ1) is 10.6. The first-order valence-electron chi connectivity index (χ1n) is 5.01. The third kappa shape index (κ3) is 2.42. The molecule has 0 saturated carbocycles. The van der Waals surface area contributed by atoms with Crippen molar-refractivity contribution in [2.75, 3.05) is 0 Å². The third-order valence-electron chi connectivity index (χ3n) is 2.15. The van der Waals surface area contributed by atoms with Gasteiger partial charge in [-0.3, -0.25) is 0 Å². The molecule has 3 rings (SSSR count). The number of furan rings is 1. The fraction of sp³-hybridized carbons (Fsp3) is 0.0909. The van der Waals surface area contributed by atoms with Crippen molar-refractivity contribution >= 4 is 23.1 Å². The molecule has 0 unspecified atom stereocenters. The van der Waals surface area contributed by atoms with Crippen LogP contribution in [0.2, 0.25) is 0 Å². The van der Waals surface area contributed by atoms with Crippen LogP contribution in [0.3, 0.4) is 0 Å². The minimum atomic E-state index is 0.821. The number of nitrogens with zero attached hydrogens (tertiary/aromatic N) is 2. The second-order valence-corrected chi connectivity index (χ2v) is 5.16. The summed E-state index contributed by atoms with van der Waals surface area (Å²) in [6.45, 7) is 0. The maximum absolute atomic E-state index is 5.04. The number of hydrogen-bond acceptors (Lipinski definition) is 5. The molecule has 17 heavy (non-hydrogen) atoms. The Balaban J connectivity index is 1.69. The van der Waals surface area contributed by atoms with E-state index in [2.05, 4.69) is 20.3 Å². The van der Waals surface area contributed by atoms with Crippen molar-refractivity contribution in [2.45, 2.75) is 10.9 Å². The zero-order valence-corrected chi connectivity index (χ0v) is 10.4. The van der Waals surface area contributed by atoms with Crippen molar-refractivity contribution in [3.63, 3.8) is 0 Å². The van der Waals surface area contributed by atoms with Crippen LogP contribution >= 0.6 is 23.1 Å². The van der Waals surface area contributed by atoms with E-state index < -0.39 is 0 Å². The van der Waals surface area contributed by atoms with Crippen molar-refractivity contribution in [3.05, 3.63) is 42.1 Å². The summed E-state index contributed by atoms with van der Waals surface area (Å²) < 4.78 is 5.04. The molecule has 1 N–H and O–H groups in total. The lowest BCUT2D eigenvalue weighted by molar-refractivity contribution is 0.568. The van der Waals surface area contributed by atoms with Crippen molar-refractivity contribution in [3.8, 4) is 10.6 Å². The van der Waals surface area contributed by atoms with Crippen LogP contribution in [0.1, 0.15) is 5.69 Å². The first-order valence-corrected chi connectivity index (χ1v) is 6.87. The Kier molecular flexibility index (Phi) is 2.98. The van der Waals surface area contributed by atoms with Gasteiger partial charge in [-0.2, -0.15) is 0 Å². The Labute approximate surface area is 106 Å². The SMILES string of the molecule is c1c[nH]c(SCc2csc(-c3ccoc3)n2)n1. The van der Waals surface area contributed by atoms with Gasteiger partial charge in [-0.25, -0.2) is 9.97 Å². The Morgan fingerprint density at radius 3 is 3.24 bits per heavy atom. The van der Waals surface area contributed by atoms with E-state index in [0.29, 0.717) is 0 Å². The molecule has 3 aromatic rings. The minimum absolute atomic E-state index is 0.821. The quantitative estimate of drug-likeness (QED) is 0.733. The molecule has 0 aliphatic carbocycles. The fourth-order valence-corrected chi connectivity index (χ4v) is 2.99. The number of aromatic amines is 1. The lowest BCUT2D eigenvalue weighted by Crippen LogP contribution is -1.82. The number of hydrogen-bond donors (Lipinski definition) is 1. The molecule has 0 radical (unpaired) electrons. The van der Waals surface area contributed by atoms with Gasteiger partial charge in [0.2, 0.25) is 0 Å². The van der Waals surface area contributed by atoms with Gasteiger partial charge in [0.1, 0.15) is 11.3 Å². The van der Waals surface area contributed by atoms with E-state index in [4.69, 9.17) is 4.42 Å². The molecule has 0 saturated heterocycles. The Morgan fingerprint density at radius 1 is 1.47 bits per heavy atom. The number of imidazole rings is 1. The summed E-state index contributed by atoms with van der Waals surface area (Å²) in [6.07, 6.45) is 6.94. The van der Waals surface area contributed by atoms with Crippen LogP contribution < -0.4 is 0 Å². The monoisotopic (exact) mass is 263 g/mol. The fourth-order valence-electron chi connectivity index (χ4n) is 1.36. The van der Waals surface area contributed by atoms with E-state index in [1.807, 2.05) is 12.3 Å². The van der Waals surface area contributed by atoms with E-state index in [0.717, 1.165) is 27.2 Å². The summed E-state index contributed by atoms with van der Waals surface area (Å²) in [6, 6.07) is 1.92. The summed E-state index contributed by atoms with van der Waals surface area (Å²) in [4.78, 5) is 11.8. The predicted molar refractivity (Wildman–Crippen MR) is 68.0 cm³/mol. The van der Waals surface area contributed by atoms with E-state index in [1.165, 1.54) is 0 Å². The van der Waals surface area contributed by atoms with Crippen LogP contribution in [0.15, 0.2) is 45.9 Å². The average molecular weight is 263 g/mol. The third-order valence-corrected chi connectivity index (χ3v) is 4.03. The number of aromatic nitrogens is 3. The highest BCUT2D eigenvalue weighted by molar-refractivity contribution is 7.98. The Bertz CT molecular complexity index is 572. The first-order chi connectivity index (χ1) is 8.42. The summed E-state index contributed by atoms with van der Waals surface area (Å²) in [7, 11) is 0. The maximum atomic E-state index is 5.04. The second-order valence-electron chi connectivity index (χ2n) is 3.34. The smallest absolute Gasteiger partial charge is 0.165 e. The van der Waals surface area contributed by atoms with Crippen molar-refractivity contribution < 1.29 is 4.42 Å². The molecule has 0 aliphatic rings. The lowest BCUT2D eigenvalue weighted by Gasteiger charge is -1.93. The van der Waals surface area contributed by atoms with Crippen LogP contribution in [0.25, 0.3) is 10.6 Å². The molecular weight excluding hydrogens is 254 g/mol. The molecule has 0 aliphatic heterocycles. The number of nitrogens with one attached hydrogen (secondary N) is 1. The molecule has 4 nitrogen and oxygen atoms in total. The zero-order valence-electron chi connectivity index (χ0n) is 8.79. The molecule has 0 spiro atoms. The van der Waals surface area contributed by atoms with Gasteiger partial charge < -0.3 is 9.40 Å². The number of H-pyrrole nitrogens is 1. The van der Waals surface area contributed by atoms with E-state index in [9.17, 15) is 0 Å². The van der Waals surface area contributed by atoms with Gasteiger partial charge in [-0.1, -0.05) is 11.8 Å². The highest BCUT2D eigenvalue weighted by atomic mass is 32.2. The van der Waals surface area contributed by atoms with Gasteiger partial charge in [0.15, 0.2) is 5.16 Å². The van der Waals surface area contributed by atoms with Crippen LogP contribution in [-0.2, 0) is 5.75 Å². The van der Waals surface area contributed by atoms with Crippen LogP contribution in [0, 0.1) is 0 Å².